The maximum Gasteiger partial charge on any atom is 0.0697 e. The van der Waals surface area contributed by atoms with E-state index in [0.29, 0.717) is 12.5 Å². The Morgan fingerprint density at radius 3 is 2.65 bits per heavy atom. The zero-order valence-corrected chi connectivity index (χ0v) is 13.9. The fraction of sp³-hybridized carbons (Fsp3) is 0.800. The Bertz CT molecular complexity index is 400. The molecule has 0 amide bonds. The zero-order chi connectivity index (χ0) is 14.4. The van der Waals surface area contributed by atoms with Crippen LogP contribution in [-0.4, -0.2) is 23.5 Å². The fourth-order valence-electron chi connectivity index (χ4n) is 3.13. The molecule has 1 atom stereocenters. The van der Waals surface area contributed by atoms with E-state index in [1.54, 1.807) is 7.11 Å². The summed E-state index contributed by atoms with van der Waals surface area (Å²) in [6.45, 7) is 1.43. The molecule has 0 aromatic carbocycles. The van der Waals surface area contributed by atoms with Gasteiger partial charge >= 0.3 is 0 Å². The van der Waals surface area contributed by atoms with Gasteiger partial charge < -0.3 is 10.5 Å². The van der Waals surface area contributed by atoms with Gasteiger partial charge in [0.25, 0.3) is 0 Å². The standard InChI is InChI=1S/C15H26BrN3O/c1-20-10-9-19-15(13(16)11-18-19)14(17)12-7-5-3-2-4-6-8-12/h11-12,14H,2-10,17H2,1H3. The smallest absolute Gasteiger partial charge is 0.0697 e. The van der Waals surface area contributed by atoms with Crippen molar-refractivity contribution >= 4 is 15.9 Å². The Morgan fingerprint density at radius 2 is 2.00 bits per heavy atom. The van der Waals surface area contributed by atoms with Gasteiger partial charge in [0.15, 0.2) is 0 Å². The van der Waals surface area contributed by atoms with Crippen LogP contribution >= 0.6 is 15.9 Å². The molecule has 20 heavy (non-hydrogen) atoms. The number of nitrogens with zero attached hydrogens (tertiary/aromatic N) is 2. The quantitative estimate of drug-likeness (QED) is 0.887. The minimum atomic E-state index is 0.0711. The Labute approximate surface area is 130 Å². The van der Waals surface area contributed by atoms with Gasteiger partial charge in [-0.3, -0.25) is 4.68 Å². The highest BCUT2D eigenvalue weighted by Gasteiger charge is 2.25. The number of halogens is 1. The molecule has 1 aromatic heterocycles. The zero-order valence-electron chi connectivity index (χ0n) is 12.4. The summed E-state index contributed by atoms with van der Waals surface area (Å²) in [7, 11) is 1.72. The van der Waals surface area contributed by atoms with Crippen LogP contribution in [0.1, 0.15) is 56.7 Å². The number of rotatable bonds is 5. The van der Waals surface area contributed by atoms with E-state index < -0.39 is 0 Å². The average Bonchev–Trinajstić information content (AvgIpc) is 2.76. The van der Waals surface area contributed by atoms with Gasteiger partial charge in [0.2, 0.25) is 0 Å². The van der Waals surface area contributed by atoms with Crippen molar-refractivity contribution < 1.29 is 4.74 Å². The van der Waals surface area contributed by atoms with Crippen molar-refractivity contribution in [3.63, 3.8) is 0 Å². The summed E-state index contributed by atoms with van der Waals surface area (Å²) in [5.41, 5.74) is 7.71. The van der Waals surface area contributed by atoms with Crippen molar-refractivity contribution in [2.45, 2.75) is 57.5 Å². The van der Waals surface area contributed by atoms with Crippen molar-refractivity contribution in [2.24, 2.45) is 11.7 Å². The number of ether oxygens (including phenoxy) is 1. The van der Waals surface area contributed by atoms with E-state index in [2.05, 4.69) is 21.0 Å². The topological polar surface area (TPSA) is 53.1 Å². The van der Waals surface area contributed by atoms with Gasteiger partial charge in [-0.15, -0.1) is 0 Å². The van der Waals surface area contributed by atoms with Crippen molar-refractivity contribution in [3.05, 3.63) is 16.4 Å². The van der Waals surface area contributed by atoms with E-state index in [4.69, 9.17) is 10.5 Å². The molecule has 0 bridgehead atoms. The lowest BCUT2D eigenvalue weighted by molar-refractivity contribution is 0.180. The van der Waals surface area contributed by atoms with Crippen LogP contribution in [0, 0.1) is 5.92 Å². The summed E-state index contributed by atoms with van der Waals surface area (Å²) < 4.78 is 8.18. The molecule has 5 heteroatoms. The molecule has 1 aliphatic rings. The first kappa shape index (κ1) is 16.0. The highest BCUT2D eigenvalue weighted by Crippen LogP contribution is 2.34. The summed E-state index contributed by atoms with van der Waals surface area (Å²) in [6.07, 6.45) is 11.0. The van der Waals surface area contributed by atoms with Crippen LogP contribution in [0.5, 0.6) is 0 Å². The van der Waals surface area contributed by atoms with E-state index in [1.165, 1.54) is 44.9 Å². The van der Waals surface area contributed by atoms with Crippen LogP contribution in [0.15, 0.2) is 10.7 Å². The summed E-state index contributed by atoms with van der Waals surface area (Å²) in [5, 5.41) is 4.42. The van der Waals surface area contributed by atoms with E-state index in [0.717, 1.165) is 16.7 Å². The molecule has 2 rings (SSSR count). The largest absolute Gasteiger partial charge is 0.383 e. The van der Waals surface area contributed by atoms with Crippen LogP contribution < -0.4 is 5.73 Å². The van der Waals surface area contributed by atoms with Crippen LogP contribution in [-0.2, 0) is 11.3 Å². The third kappa shape index (κ3) is 4.06. The molecule has 0 aliphatic heterocycles. The van der Waals surface area contributed by atoms with Gasteiger partial charge in [0, 0.05) is 7.11 Å². The van der Waals surface area contributed by atoms with Gasteiger partial charge in [-0.2, -0.15) is 5.10 Å². The van der Waals surface area contributed by atoms with E-state index in [-0.39, 0.29) is 6.04 Å². The second-order valence-electron chi connectivity index (χ2n) is 5.72. The molecule has 2 N–H and O–H groups in total. The summed E-state index contributed by atoms with van der Waals surface area (Å²) in [4.78, 5) is 0. The average molecular weight is 344 g/mol. The van der Waals surface area contributed by atoms with Crippen molar-refractivity contribution in [1.29, 1.82) is 0 Å². The Hall–Kier alpha value is -0.390. The van der Waals surface area contributed by atoms with E-state index in [9.17, 15) is 0 Å². The Balaban J connectivity index is 2.09. The molecule has 4 nitrogen and oxygen atoms in total. The third-order valence-corrected chi connectivity index (χ3v) is 4.92. The maximum atomic E-state index is 6.58. The molecular formula is C15H26BrN3O. The van der Waals surface area contributed by atoms with Crippen molar-refractivity contribution in [3.8, 4) is 0 Å². The van der Waals surface area contributed by atoms with Gasteiger partial charge in [-0.25, -0.2) is 0 Å². The molecule has 0 radical (unpaired) electrons. The maximum absolute atomic E-state index is 6.58. The van der Waals surface area contributed by atoms with Crippen LogP contribution in [0.3, 0.4) is 0 Å². The lowest BCUT2D eigenvalue weighted by Crippen LogP contribution is -2.26. The molecule has 0 spiro atoms. The van der Waals surface area contributed by atoms with Gasteiger partial charge in [-0.1, -0.05) is 32.1 Å². The van der Waals surface area contributed by atoms with Crippen LogP contribution in [0.2, 0.25) is 0 Å². The molecule has 114 valence electrons. The highest BCUT2D eigenvalue weighted by atomic mass is 79.9. The lowest BCUT2D eigenvalue weighted by Gasteiger charge is -2.26. The number of hydrogen-bond acceptors (Lipinski definition) is 3. The van der Waals surface area contributed by atoms with E-state index in [1.807, 2.05) is 10.9 Å². The predicted octanol–water partition coefficient (Wildman–Crippen LogP) is 3.65. The third-order valence-electron chi connectivity index (χ3n) is 4.31. The monoisotopic (exact) mass is 343 g/mol. The van der Waals surface area contributed by atoms with Crippen molar-refractivity contribution in [2.75, 3.05) is 13.7 Å². The summed E-state index contributed by atoms with van der Waals surface area (Å²) in [5.74, 6) is 0.574. The number of nitrogens with two attached hydrogens (primary N) is 1. The minimum Gasteiger partial charge on any atom is -0.383 e. The highest BCUT2D eigenvalue weighted by molar-refractivity contribution is 9.10. The normalized spacial score (nSPS) is 19.6. The molecule has 1 aliphatic carbocycles. The van der Waals surface area contributed by atoms with Gasteiger partial charge in [-0.05, 0) is 34.7 Å². The van der Waals surface area contributed by atoms with Crippen LogP contribution in [0.25, 0.3) is 0 Å². The molecule has 1 aromatic rings. The first-order valence-corrected chi connectivity index (χ1v) is 8.49. The summed E-state index contributed by atoms with van der Waals surface area (Å²) in [6, 6.07) is 0.0711. The molecule has 0 saturated heterocycles. The second kappa shape index (κ2) is 8.15. The number of aromatic nitrogens is 2. The molecular weight excluding hydrogens is 318 g/mol. The molecule has 1 fully saturated rings. The first-order valence-electron chi connectivity index (χ1n) is 7.69. The number of methoxy groups -OCH3 is 1. The molecule has 1 unspecified atom stereocenters. The Morgan fingerprint density at radius 1 is 1.35 bits per heavy atom. The summed E-state index contributed by atoms with van der Waals surface area (Å²) >= 11 is 3.61. The Kier molecular flexibility index (Phi) is 6.52. The van der Waals surface area contributed by atoms with Gasteiger partial charge in [0.05, 0.1) is 35.6 Å². The van der Waals surface area contributed by atoms with Crippen molar-refractivity contribution in [1.82, 2.24) is 9.78 Å². The number of hydrogen-bond donors (Lipinski definition) is 1. The lowest BCUT2D eigenvalue weighted by atomic mass is 9.85. The fourth-order valence-corrected chi connectivity index (χ4v) is 3.69. The van der Waals surface area contributed by atoms with Crippen LogP contribution in [0.4, 0.5) is 0 Å². The minimum absolute atomic E-state index is 0.0711. The van der Waals surface area contributed by atoms with Gasteiger partial charge in [0.1, 0.15) is 0 Å². The molecule has 1 heterocycles. The predicted molar refractivity (Wildman–Crippen MR) is 84.5 cm³/mol. The molecule has 1 saturated carbocycles. The SMILES string of the molecule is COCCn1ncc(Br)c1C(N)C1CCCCCCC1. The first-order chi connectivity index (χ1) is 9.74. The van der Waals surface area contributed by atoms with E-state index >= 15 is 0 Å². The second-order valence-corrected chi connectivity index (χ2v) is 6.58.